The fraction of sp³-hybridized carbons (Fsp3) is 0.167. The molecule has 1 N–H and O–H groups in total. The second-order valence-electron chi connectivity index (χ2n) is 4.07. The summed E-state index contributed by atoms with van der Waals surface area (Å²) in [7, 11) is 0. The van der Waals surface area contributed by atoms with E-state index in [0.717, 1.165) is 33.2 Å². The Hall–Kier alpha value is -2.08. The van der Waals surface area contributed by atoms with Crippen LogP contribution in [0.2, 0.25) is 0 Å². The molecule has 0 fully saturated rings. The van der Waals surface area contributed by atoms with Gasteiger partial charge in [0.1, 0.15) is 5.75 Å². The Bertz CT molecular complexity index is 624. The quantitative estimate of drug-likeness (QED) is 0.664. The Labute approximate surface area is 107 Å². The smallest absolute Gasteiger partial charge is 0.324 e. The number of anilines is 1. The van der Waals surface area contributed by atoms with Gasteiger partial charge in [-0.3, -0.25) is 10.1 Å². The molecule has 0 unspecified atom stereocenters. The summed E-state index contributed by atoms with van der Waals surface area (Å²) in [5, 5.41) is 14.0. The predicted octanol–water partition coefficient (Wildman–Crippen LogP) is 3.47. The highest BCUT2D eigenvalue weighted by atomic mass is 32.1. The molecule has 2 heterocycles. The van der Waals surface area contributed by atoms with Crippen molar-refractivity contribution in [2.24, 2.45) is 0 Å². The second-order valence-corrected chi connectivity index (χ2v) is 5.17. The Kier molecular flexibility index (Phi) is 2.45. The van der Waals surface area contributed by atoms with Crippen LogP contribution in [0.15, 0.2) is 30.3 Å². The zero-order valence-corrected chi connectivity index (χ0v) is 10.4. The number of fused-ring (bicyclic) bond motifs is 1. The van der Waals surface area contributed by atoms with Gasteiger partial charge in [-0.05, 0) is 30.7 Å². The fourth-order valence-corrected chi connectivity index (χ4v) is 2.66. The topological polar surface area (TPSA) is 64.4 Å². The molecule has 1 aliphatic rings. The van der Waals surface area contributed by atoms with Crippen LogP contribution in [0, 0.1) is 17.0 Å². The molecule has 0 amide bonds. The third kappa shape index (κ3) is 1.80. The monoisotopic (exact) mass is 262 g/mol. The zero-order valence-electron chi connectivity index (χ0n) is 9.54. The summed E-state index contributed by atoms with van der Waals surface area (Å²) in [5.41, 5.74) is 2.04. The van der Waals surface area contributed by atoms with Crippen molar-refractivity contribution < 1.29 is 9.66 Å². The van der Waals surface area contributed by atoms with E-state index in [1.165, 1.54) is 6.07 Å². The van der Waals surface area contributed by atoms with E-state index in [2.05, 4.69) is 5.32 Å². The van der Waals surface area contributed by atoms with E-state index in [1.54, 1.807) is 6.07 Å². The minimum absolute atomic E-state index is 0.127. The Morgan fingerprint density at radius 3 is 2.94 bits per heavy atom. The molecule has 1 aromatic carbocycles. The van der Waals surface area contributed by atoms with E-state index >= 15 is 0 Å². The molecule has 18 heavy (non-hydrogen) atoms. The van der Waals surface area contributed by atoms with Crippen LogP contribution < -0.4 is 10.1 Å². The van der Waals surface area contributed by atoms with Gasteiger partial charge in [0.05, 0.1) is 15.5 Å². The van der Waals surface area contributed by atoms with Crippen LogP contribution in [-0.4, -0.2) is 4.92 Å². The Morgan fingerprint density at radius 2 is 2.22 bits per heavy atom. The number of aryl methyl sites for hydroxylation is 1. The van der Waals surface area contributed by atoms with Crippen LogP contribution in [0.4, 0.5) is 10.7 Å². The minimum Gasteiger partial charge on any atom is -0.463 e. The molecule has 1 aromatic heterocycles. The van der Waals surface area contributed by atoms with Gasteiger partial charge < -0.3 is 10.1 Å². The molecular formula is C12H10N2O3S. The van der Waals surface area contributed by atoms with E-state index in [4.69, 9.17) is 4.74 Å². The average Bonchev–Trinajstić information content (AvgIpc) is 2.93. The van der Waals surface area contributed by atoms with Crippen molar-refractivity contribution in [1.82, 2.24) is 0 Å². The molecule has 0 aliphatic carbocycles. The SMILES string of the molecule is Cc1ccc2c(c1)O[C@H](c1ccc([N+](=O)[O-])s1)N2. The van der Waals surface area contributed by atoms with Gasteiger partial charge in [-0.25, -0.2) is 0 Å². The van der Waals surface area contributed by atoms with Gasteiger partial charge in [0.2, 0.25) is 6.23 Å². The van der Waals surface area contributed by atoms with Crippen LogP contribution in [0.3, 0.4) is 0 Å². The van der Waals surface area contributed by atoms with Gasteiger partial charge in [-0.1, -0.05) is 17.4 Å². The maximum Gasteiger partial charge on any atom is 0.324 e. The number of benzene rings is 1. The van der Waals surface area contributed by atoms with Crippen LogP contribution >= 0.6 is 11.3 Å². The van der Waals surface area contributed by atoms with Gasteiger partial charge in [0.15, 0.2) is 0 Å². The highest BCUT2D eigenvalue weighted by molar-refractivity contribution is 7.15. The standard InChI is InChI=1S/C12H10N2O3S/c1-7-2-3-8-9(6-7)17-12(13-8)10-4-5-11(18-10)14(15)16/h2-6,12-13H,1H3/t12-/m1/s1. The lowest BCUT2D eigenvalue weighted by Crippen LogP contribution is -2.07. The van der Waals surface area contributed by atoms with Crippen LogP contribution in [0.1, 0.15) is 16.7 Å². The number of nitrogens with zero attached hydrogens (tertiary/aromatic N) is 1. The van der Waals surface area contributed by atoms with Crippen LogP contribution in [-0.2, 0) is 0 Å². The van der Waals surface area contributed by atoms with Crippen molar-refractivity contribution >= 4 is 22.0 Å². The second kappa shape index (κ2) is 3.99. The minimum atomic E-state index is -0.388. The van der Waals surface area contributed by atoms with Crippen LogP contribution in [0.5, 0.6) is 5.75 Å². The highest BCUT2D eigenvalue weighted by Crippen LogP contribution is 2.41. The normalized spacial score (nSPS) is 16.8. The Balaban J connectivity index is 1.86. The van der Waals surface area contributed by atoms with Crippen molar-refractivity contribution in [1.29, 1.82) is 0 Å². The summed E-state index contributed by atoms with van der Waals surface area (Å²) in [6.45, 7) is 1.99. The Morgan fingerprint density at radius 1 is 1.39 bits per heavy atom. The number of nitro groups is 1. The summed E-state index contributed by atoms with van der Waals surface area (Å²) in [6.07, 6.45) is -0.333. The first kappa shape index (κ1) is 11.0. The van der Waals surface area contributed by atoms with Gasteiger partial charge >= 0.3 is 5.00 Å². The molecule has 6 heteroatoms. The number of ether oxygens (including phenoxy) is 1. The molecule has 2 aromatic rings. The summed E-state index contributed by atoms with van der Waals surface area (Å²) < 4.78 is 5.74. The number of nitrogens with one attached hydrogen (secondary N) is 1. The maximum atomic E-state index is 10.6. The summed E-state index contributed by atoms with van der Waals surface area (Å²) in [5.74, 6) is 0.788. The number of rotatable bonds is 2. The largest absolute Gasteiger partial charge is 0.463 e. The van der Waals surface area contributed by atoms with Crippen LogP contribution in [0.25, 0.3) is 0 Å². The molecule has 3 rings (SSSR count). The van der Waals surface area contributed by atoms with E-state index in [-0.39, 0.29) is 16.2 Å². The van der Waals surface area contributed by atoms with E-state index in [9.17, 15) is 10.1 Å². The summed E-state index contributed by atoms with van der Waals surface area (Å²) in [4.78, 5) is 11.1. The molecule has 5 nitrogen and oxygen atoms in total. The lowest BCUT2D eigenvalue weighted by atomic mass is 10.2. The molecule has 0 radical (unpaired) electrons. The predicted molar refractivity (Wildman–Crippen MR) is 69.1 cm³/mol. The van der Waals surface area contributed by atoms with Crippen molar-refractivity contribution in [3.05, 3.63) is 50.9 Å². The maximum absolute atomic E-state index is 10.6. The summed E-state index contributed by atoms with van der Waals surface area (Å²) >= 11 is 1.13. The molecule has 0 spiro atoms. The number of hydrogen-bond acceptors (Lipinski definition) is 5. The molecule has 92 valence electrons. The highest BCUT2D eigenvalue weighted by Gasteiger charge is 2.26. The van der Waals surface area contributed by atoms with Gasteiger partial charge in [0, 0.05) is 6.07 Å². The first-order chi connectivity index (χ1) is 8.63. The zero-order chi connectivity index (χ0) is 12.7. The van der Waals surface area contributed by atoms with Gasteiger partial charge in [0.25, 0.3) is 0 Å². The van der Waals surface area contributed by atoms with E-state index < -0.39 is 0 Å². The van der Waals surface area contributed by atoms with Crippen molar-refractivity contribution in [3.8, 4) is 5.75 Å². The first-order valence-corrected chi connectivity index (χ1v) is 6.23. The molecule has 0 bridgehead atoms. The van der Waals surface area contributed by atoms with Crippen molar-refractivity contribution in [2.75, 3.05) is 5.32 Å². The third-order valence-electron chi connectivity index (χ3n) is 2.72. The van der Waals surface area contributed by atoms with Crippen molar-refractivity contribution in [3.63, 3.8) is 0 Å². The summed E-state index contributed by atoms with van der Waals surface area (Å²) in [6, 6.07) is 9.12. The average molecular weight is 262 g/mol. The number of hydrogen-bond donors (Lipinski definition) is 1. The first-order valence-electron chi connectivity index (χ1n) is 5.41. The van der Waals surface area contributed by atoms with Gasteiger partial charge in [-0.15, -0.1) is 0 Å². The lowest BCUT2D eigenvalue weighted by molar-refractivity contribution is -0.380. The lowest BCUT2D eigenvalue weighted by Gasteiger charge is -2.07. The van der Waals surface area contributed by atoms with Crippen molar-refractivity contribution in [2.45, 2.75) is 13.2 Å². The molecule has 0 saturated carbocycles. The number of thiophene rings is 1. The van der Waals surface area contributed by atoms with E-state index in [0.29, 0.717) is 0 Å². The molecular weight excluding hydrogens is 252 g/mol. The molecule has 0 saturated heterocycles. The molecule has 1 aliphatic heterocycles. The fourth-order valence-electron chi connectivity index (χ4n) is 1.85. The molecule has 1 atom stereocenters. The third-order valence-corrected chi connectivity index (χ3v) is 3.80. The van der Waals surface area contributed by atoms with Gasteiger partial charge in [-0.2, -0.15) is 0 Å². The van der Waals surface area contributed by atoms with E-state index in [1.807, 2.05) is 25.1 Å².